The highest BCUT2D eigenvalue weighted by atomic mass is 35.5. The number of rotatable bonds is 4. The summed E-state index contributed by atoms with van der Waals surface area (Å²) in [6, 6.07) is 2.53. The van der Waals surface area contributed by atoms with E-state index in [1.165, 1.54) is 12.1 Å². The number of aromatic amines is 2. The first-order valence-corrected chi connectivity index (χ1v) is 8.93. The highest BCUT2D eigenvalue weighted by Gasteiger charge is 2.20. The SMILES string of the molecule is CC(C)c1c(F)c(Oc2c(Cl)cc(-n3nc(N)c(=O)[nH]c3=O)cc2Cl)c[nH]c1=O. The average Bonchev–Trinajstić information content (AvgIpc) is 2.62. The first kappa shape index (κ1) is 20.6. The third-order valence-corrected chi connectivity index (χ3v) is 4.46. The van der Waals surface area contributed by atoms with E-state index in [4.69, 9.17) is 33.7 Å². The first-order valence-electron chi connectivity index (χ1n) is 8.17. The van der Waals surface area contributed by atoms with Crippen LogP contribution in [0.15, 0.2) is 32.7 Å². The zero-order valence-corrected chi connectivity index (χ0v) is 16.6. The molecule has 0 saturated heterocycles. The van der Waals surface area contributed by atoms with Crippen LogP contribution in [0.25, 0.3) is 5.69 Å². The third kappa shape index (κ3) is 3.89. The highest BCUT2D eigenvalue weighted by molar-refractivity contribution is 6.37. The maximum atomic E-state index is 14.7. The minimum Gasteiger partial charge on any atom is -0.450 e. The number of hydrogen-bond donors (Lipinski definition) is 3. The molecule has 0 bridgehead atoms. The van der Waals surface area contributed by atoms with Gasteiger partial charge >= 0.3 is 5.69 Å². The van der Waals surface area contributed by atoms with Gasteiger partial charge in [0.05, 0.1) is 21.3 Å². The van der Waals surface area contributed by atoms with E-state index in [2.05, 4.69) is 10.1 Å². The number of H-pyrrole nitrogens is 2. The van der Waals surface area contributed by atoms with Crippen molar-refractivity contribution in [2.75, 3.05) is 5.73 Å². The second kappa shape index (κ2) is 7.72. The van der Waals surface area contributed by atoms with Crippen LogP contribution in [0.5, 0.6) is 11.5 Å². The van der Waals surface area contributed by atoms with Gasteiger partial charge in [-0.15, -0.1) is 5.10 Å². The Bertz CT molecular complexity index is 1260. The summed E-state index contributed by atoms with van der Waals surface area (Å²) in [6.45, 7) is 3.32. The normalized spacial score (nSPS) is 11.1. The molecule has 12 heteroatoms. The Morgan fingerprint density at radius 2 is 1.79 bits per heavy atom. The molecule has 9 nitrogen and oxygen atoms in total. The van der Waals surface area contributed by atoms with Gasteiger partial charge in [-0.1, -0.05) is 37.0 Å². The lowest BCUT2D eigenvalue weighted by Crippen LogP contribution is -2.33. The molecule has 3 aromatic rings. The van der Waals surface area contributed by atoms with Gasteiger partial charge in [-0.05, 0) is 18.1 Å². The molecule has 3 rings (SSSR count). The molecule has 0 spiro atoms. The fraction of sp³-hybridized carbons (Fsp3) is 0.176. The summed E-state index contributed by atoms with van der Waals surface area (Å²) in [6.07, 6.45) is 1.05. The van der Waals surface area contributed by atoms with E-state index < -0.39 is 28.4 Å². The van der Waals surface area contributed by atoms with Crippen LogP contribution in [0.1, 0.15) is 25.3 Å². The van der Waals surface area contributed by atoms with Crippen molar-refractivity contribution in [1.29, 1.82) is 0 Å². The predicted octanol–water partition coefficient (Wildman–Crippen LogP) is 2.55. The summed E-state index contributed by atoms with van der Waals surface area (Å²) < 4.78 is 20.9. The standard InChI is InChI=1S/C17H14Cl2FN5O4/c1-6(2)11-12(20)10(5-22-15(11)26)29-13-8(18)3-7(4-9(13)19)25-17(28)23-16(27)14(21)24-25/h3-6H,1-2H3,(H2,21,24)(H,22,26)(H,23,27,28). The number of nitrogens with one attached hydrogen (secondary N) is 2. The van der Waals surface area contributed by atoms with Gasteiger partial charge in [-0.25, -0.2) is 9.18 Å². The lowest BCUT2D eigenvalue weighted by molar-refractivity contribution is 0.432. The summed E-state index contributed by atoms with van der Waals surface area (Å²) in [4.78, 5) is 39.5. The second-order valence-corrected chi connectivity index (χ2v) is 7.08. The van der Waals surface area contributed by atoms with E-state index >= 15 is 0 Å². The fourth-order valence-electron chi connectivity index (χ4n) is 2.56. The van der Waals surface area contributed by atoms with Gasteiger partial charge in [0.15, 0.2) is 17.3 Å². The zero-order valence-electron chi connectivity index (χ0n) is 15.0. The molecule has 152 valence electrons. The molecule has 29 heavy (non-hydrogen) atoms. The lowest BCUT2D eigenvalue weighted by Gasteiger charge is -2.14. The number of nitrogen functional groups attached to an aromatic ring is 1. The Labute approximate surface area is 171 Å². The van der Waals surface area contributed by atoms with Crippen LogP contribution in [0, 0.1) is 5.82 Å². The van der Waals surface area contributed by atoms with Crippen molar-refractivity contribution < 1.29 is 9.13 Å². The monoisotopic (exact) mass is 441 g/mol. The summed E-state index contributed by atoms with van der Waals surface area (Å²) in [5.41, 5.74) is 3.17. The molecule has 0 amide bonds. The molecule has 1 aromatic carbocycles. The molecule has 0 aliphatic rings. The Morgan fingerprint density at radius 1 is 1.17 bits per heavy atom. The molecule has 0 saturated carbocycles. The number of ether oxygens (including phenoxy) is 1. The van der Waals surface area contributed by atoms with Crippen molar-refractivity contribution in [1.82, 2.24) is 19.7 Å². The van der Waals surface area contributed by atoms with Gasteiger partial charge in [0.1, 0.15) is 0 Å². The van der Waals surface area contributed by atoms with Gasteiger partial charge in [0, 0.05) is 6.20 Å². The molecule has 0 radical (unpaired) electrons. The van der Waals surface area contributed by atoms with E-state index in [1.807, 2.05) is 4.98 Å². The number of nitrogens with zero attached hydrogens (tertiary/aromatic N) is 2. The van der Waals surface area contributed by atoms with Crippen LogP contribution in [-0.4, -0.2) is 19.7 Å². The predicted molar refractivity (Wildman–Crippen MR) is 106 cm³/mol. The van der Waals surface area contributed by atoms with E-state index in [-0.39, 0.29) is 38.7 Å². The van der Waals surface area contributed by atoms with E-state index in [0.717, 1.165) is 10.9 Å². The minimum atomic E-state index is -0.863. The van der Waals surface area contributed by atoms with Gasteiger partial charge in [0.25, 0.3) is 11.1 Å². The Balaban J connectivity index is 2.08. The maximum absolute atomic E-state index is 14.7. The van der Waals surface area contributed by atoms with Crippen LogP contribution in [0.3, 0.4) is 0 Å². The minimum absolute atomic E-state index is 0.0779. The van der Waals surface area contributed by atoms with Crippen molar-refractivity contribution in [3.63, 3.8) is 0 Å². The Hall–Kier alpha value is -3.11. The topological polar surface area (TPSA) is 136 Å². The molecule has 2 heterocycles. The molecule has 4 N–H and O–H groups in total. The molecule has 0 atom stereocenters. The number of benzene rings is 1. The number of anilines is 1. The quantitative estimate of drug-likeness (QED) is 0.568. The van der Waals surface area contributed by atoms with Crippen LogP contribution in [-0.2, 0) is 0 Å². The number of halogens is 3. The average molecular weight is 442 g/mol. The smallest absolute Gasteiger partial charge is 0.349 e. The van der Waals surface area contributed by atoms with Crippen LogP contribution >= 0.6 is 23.2 Å². The molecule has 2 aromatic heterocycles. The van der Waals surface area contributed by atoms with Gasteiger partial charge in [0.2, 0.25) is 5.82 Å². The van der Waals surface area contributed by atoms with Crippen LogP contribution in [0.4, 0.5) is 10.2 Å². The zero-order chi connectivity index (χ0) is 21.5. The Kier molecular flexibility index (Phi) is 5.49. The molecular weight excluding hydrogens is 428 g/mol. The lowest BCUT2D eigenvalue weighted by atomic mass is 10.0. The van der Waals surface area contributed by atoms with Crippen molar-refractivity contribution in [3.8, 4) is 17.2 Å². The number of hydrogen-bond acceptors (Lipinski definition) is 6. The largest absolute Gasteiger partial charge is 0.450 e. The molecule has 0 aliphatic carbocycles. The molecule has 0 fully saturated rings. The van der Waals surface area contributed by atoms with Crippen molar-refractivity contribution in [2.45, 2.75) is 19.8 Å². The Morgan fingerprint density at radius 3 is 2.38 bits per heavy atom. The first-order chi connectivity index (χ1) is 13.6. The molecular formula is C17H14Cl2FN5O4. The van der Waals surface area contributed by atoms with Crippen LogP contribution < -0.4 is 27.3 Å². The van der Waals surface area contributed by atoms with Gasteiger partial charge in [-0.3, -0.25) is 14.6 Å². The van der Waals surface area contributed by atoms with Crippen molar-refractivity contribution in [3.05, 3.63) is 70.9 Å². The van der Waals surface area contributed by atoms with E-state index in [1.54, 1.807) is 13.8 Å². The fourth-order valence-corrected chi connectivity index (χ4v) is 3.11. The summed E-state index contributed by atoms with van der Waals surface area (Å²) in [5.74, 6) is -2.06. The number of nitrogens with two attached hydrogens (primary N) is 1. The number of pyridine rings is 1. The molecule has 0 aliphatic heterocycles. The maximum Gasteiger partial charge on any atom is 0.349 e. The summed E-state index contributed by atoms with van der Waals surface area (Å²) >= 11 is 12.4. The van der Waals surface area contributed by atoms with Gasteiger partial charge < -0.3 is 15.5 Å². The van der Waals surface area contributed by atoms with Crippen molar-refractivity contribution in [2.24, 2.45) is 0 Å². The summed E-state index contributed by atoms with van der Waals surface area (Å²) in [7, 11) is 0. The van der Waals surface area contributed by atoms with Gasteiger partial charge in [-0.2, -0.15) is 4.68 Å². The molecule has 0 unspecified atom stereocenters. The number of aromatic nitrogens is 4. The van der Waals surface area contributed by atoms with E-state index in [0.29, 0.717) is 0 Å². The van der Waals surface area contributed by atoms with Crippen molar-refractivity contribution >= 4 is 29.0 Å². The second-order valence-electron chi connectivity index (χ2n) is 6.26. The van der Waals surface area contributed by atoms with E-state index in [9.17, 15) is 18.8 Å². The third-order valence-electron chi connectivity index (χ3n) is 3.90. The summed E-state index contributed by atoms with van der Waals surface area (Å²) in [5, 5.41) is 3.51. The van der Waals surface area contributed by atoms with Crippen LogP contribution in [0.2, 0.25) is 10.0 Å². The highest BCUT2D eigenvalue weighted by Crippen LogP contribution is 2.39.